The summed E-state index contributed by atoms with van der Waals surface area (Å²) in [6, 6.07) is 7.11. The third-order valence-electron chi connectivity index (χ3n) is 2.97. The summed E-state index contributed by atoms with van der Waals surface area (Å²) in [6.07, 6.45) is 0. The van der Waals surface area contributed by atoms with Gasteiger partial charge in [0.25, 0.3) is 0 Å². The summed E-state index contributed by atoms with van der Waals surface area (Å²) in [4.78, 5) is 23.4. The van der Waals surface area contributed by atoms with E-state index in [-0.39, 0.29) is 13.2 Å². The molecule has 0 spiro atoms. The molecule has 0 atom stereocenters. The number of hydrogen-bond acceptors (Lipinski definition) is 6. The Morgan fingerprint density at radius 1 is 1.00 bits per heavy atom. The number of rotatable bonds is 8. The lowest BCUT2D eigenvalue weighted by Crippen LogP contribution is -2.39. The molecule has 0 saturated carbocycles. The van der Waals surface area contributed by atoms with Gasteiger partial charge in [0.1, 0.15) is 18.0 Å². The monoisotopic (exact) mass is 352 g/mol. The first-order valence-electron chi connectivity index (χ1n) is 8.28. The quantitative estimate of drug-likeness (QED) is 0.669. The SMILES string of the molecule is CCOC(=O)C(C)(C)Oc1ccc(COCC(=O)OC(C)(C)C)cc1. The molecule has 1 aromatic carbocycles. The number of ether oxygens (including phenoxy) is 4. The van der Waals surface area contributed by atoms with Crippen molar-refractivity contribution < 1.29 is 28.5 Å². The summed E-state index contributed by atoms with van der Waals surface area (Å²) in [7, 11) is 0. The third kappa shape index (κ3) is 8.03. The van der Waals surface area contributed by atoms with E-state index in [0.29, 0.717) is 12.4 Å². The van der Waals surface area contributed by atoms with Crippen molar-refractivity contribution in [3.8, 4) is 5.75 Å². The molecule has 0 fully saturated rings. The highest BCUT2D eigenvalue weighted by Gasteiger charge is 2.31. The molecule has 1 rings (SSSR count). The Hall–Kier alpha value is -2.08. The summed E-state index contributed by atoms with van der Waals surface area (Å²) in [5.41, 5.74) is -0.708. The molecule has 0 heterocycles. The number of carbonyl (C=O) groups is 2. The van der Waals surface area contributed by atoms with Gasteiger partial charge in [-0.15, -0.1) is 0 Å². The largest absolute Gasteiger partial charge is 0.476 e. The molecule has 0 radical (unpaired) electrons. The molecule has 1 aromatic rings. The van der Waals surface area contributed by atoms with Gasteiger partial charge in [-0.1, -0.05) is 12.1 Å². The number of carbonyl (C=O) groups excluding carboxylic acids is 2. The van der Waals surface area contributed by atoms with E-state index < -0.39 is 23.1 Å². The Morgan fingerprint density at radius 3 is 2.12 bits per heavy atom. The molecule has 0 aliphatic carbocycles. The first-order valence-corrected chi connectivity index (χ1v) is 8.28. The van der Waals surface area contributed by atoms with E-state index in [1.807, 2.05) is 12.1 Å². The second-order valence-corrected chi connectivity index (χ2v) is 7.06. The van der Waals surface area contributed by atoms with E-state index in [4.69, 9.17) is 18.9 Å². The van der Waals surface area contributed by atoms with Crippen LogP contribution in [0.3, 0.4) is 0 Å². The molecule has 25 heavy (non-hydrogen) atoms. The van der Waals surface area contributed by atoms with Gasteiger partial charge < -0.3 is 18.9 Å². The molecule has 0 aliphatic heterocycles. The lowest BCUT2D eigenvalue weighted by molar-refractivity contribution is -0.160. The molecule has 0 bridgehead atoms. The van der Waals surface area contributed by atoms with Crippen molar-refractivity contribution in [3.63, 3.8) is 0 Å². The standard InChI is InChI=1S/C19H28O6/c1-7-23-17(21)19(5,6)24-15-10-8-14(9-11-15)12-22-13-16(20)25-18(2,3)4/h8-11H,7,12-13H2,1-6H3. The average Bonchev–Trinajstić information content (AvgIpc) is 2.47. The molecule has 6 nitrogen and oxygen atoms in total. The first kappa shape index (κ1) is 21.0. The lowest BCUT2D eigenvalue weighted by Gasteiger charge is -2.24. The maximum Gasteiger partial charge on any atom is 0.349 e. The van der Waals surface area contributed by atoms with Crippen molar-refractivity contribution >= 4 is 11.9 Å². The zero-order valence-electron chi connectivity index (χ0n) is 15.9. The Balaban J connectivity index is 2.49. The summed E-state index contributed by atoms with van der Waals surface area (Å²) in [5.74, 6) is -0.266. The van der Waals surface area contributed by atoms with Crippen molar-refractivity contribution in [1.82, 2.24) is 0 Å². The van der Waals surface area contributed by atoms with Crippen LogP contribution in [0.2, 0.25) is 0 Å². The van der Waals surface area contributed by atoms with E-state index in [1.165, 1.54) is 0 Å². The van der Waals surface area contributed by atoms with Gasteiger partial charge in [-0.2, -0.15) is 0 Å². The van der Waals surface area contributed by atoms with Crippen LogP contribution in [0, 0.1) is 0 Å². The third-order valence-corrected chi connectivity index (χ3v) is 2.97. The molecule has 0 unspecified atom stereocenters. The Bertz CT molecular complexity index is 569. The van der Waals surface area contributed by atoms with Crippen LogP contribution in [0.25, 0.3) is 0 Å². The van der Waals surface area contributed by atoms with Crippen molar-refractivity contribution in [2.45, 2.75) is 59.4 Å². The minimum absolute atomic E-state index is 0.106. The second-order valence-electron chi connectivity index (χ2n) is 7.06. The highest BCUT2D eigenvalue weighted by Crippen LogP contribution is 2.20. The fourth-order valence-corrected chi connectivity index (χ4v) is 1.92. The van der Waals surface area contributed by atoms with Crippen LogP contribution in [0.15, 0.2) is 24.3 Å². The van der Waals surface area contributed by atoms with E-state index in [9.17, 15) is 9.59 Å². The molecular weight excluding hydrogens is 324 g/mol. The molecule has 140 valence electrons. The zero-order chi connectivity index (χ0) is 19.1. The van der Waals surface area contributed by atoms with Crippen molar-refractivity contribution in [2.75, 3.05) is 13.2 Å². The fourth-order valence-electron chi connectivity index (χ4n) is 1.92. The van der Waals surface area contributed by atoms with Crippen LogP contribution in [0.1, 0.15) is 47.1 Å². The topological polar surface area (TPSA) is 71.1 Å². The van der Waals surface area contributed by atoms with E-state index in [0.717, 1.165) is 5.56 Å². The van der Waals surface area contributed by atoms with Crippen LogP contribution in [0.5, 0.6) is 5.75 Å². The first-order chi connectivity index (χ1) is 11.5. The molecule has 0 saturated heterocycles. The van der Waals surface area contributed by atoms with Gasteiger partial charge in [-0.05, 0) is 59.2 Å². The Labute approximate surface area is 149 Å². The van der Waals surface area contributed by atoms with Crippen LogP contribution in [-0.4, -0.2) is 36.4 Å². The summed E-state index contributed by atoms with van der Waals surface area (Å²) < 4.78 is 21.2. The van der Waals surface area contributed by atoms with Gasteiger partial charge in [0.2, 0.25) is 0 Å². The molecule has 6 heteroatoms. The van der Waals surface area contributed by atoms with Gasteiger partial charge in [-0.25, -0.2) is 9.59 Å². The van der Waals surface area contributed by atoms with Crippen LogP contribution in [0.4, 0.5) is 0 Å². The van der Waals surface area contributed by atoms with E-state index >= 15 is 0 Å². The van der Waals surface area contributed by atoms with Crippen molar-refractivity contribution in [2.24, 2.45) is 0 Å². The number of hydrogen-bond donors (Lipinski definition) is 0. The zero-order valence-corrected chi connectivity index (χ0v) is 15.9. The summed E-state index contributed by atoms with van der Waals surface area (Å²) in [5, 5.41) is 0. The average molecular weight is 352 g/mol. The normalized spacial score (nSPS) is 11.8. The predicted octanol–water partition coefficient (Wildman–Crippen LogP) is 3.27. The van der Waals surface area contributed by atoms with E-state index in [2.05, 4.69) is 0 Å². The molecular formula is C19H28O6. The van der Waals surface area contributed by atoms with Crippen LogP contribution >= 0.6 is 0 Å². The predicted molar refractivity (Wildman–Crippen MR) is 93.3 cm³/mol. The van der Waals surface area contributed by atoms with Crippen LogP contribution < -0.4 is 4.74 Å². The minimum Gasteiger partial charge on any atom is -0.476 e. The maximum absolute atomic E-state index is 11.8. The Morgan fingerprint density at radius 2 is 1.60 bits per heavy atom. The van der Waals surface area contributed by atoms with Crippen molar-refractivity contribution in [3.05, 3.63) is 29.8 Å². The van der Waals surface area contributed by atoms with Gasteiger partial charge in [0.05, 0.1) is 13.2 Å². The minimum atomic E-state index is -1.06. The summed E-state index contributed by atoms with van der Waals surface area (Å²) >= 11 is 0. The molecule has 0 N–H and O–H groups in total. The molecule has 0 amide bonds. The maximum atomic E-state index is 11.8. The molecule has 0 aromatic heterocycles. The van der Waals surface area contributed by atoms with Crippen molar-refractivity contribution in [1.29, 1.82) is 0 Å². The number of esters is 2. The van der Waals surface area contributed by atoms with Crippen LogP contribution in [-0.2, 0) is 30.4 Å². The Kier molecular flexibility index (Phi) is 7.42. The van der Waals surface area contributed by atoms with E-state index in [1.54, 1.807) is 53.7 Å². The van der Waals surface area contributed by atoms with Gasteiger partial charge >= 0.3 is 11.9 Å². The number of benzene rings is 1. The summed E-state index contributed by atoms with van der Waals surface area (Å²) in [6.45, 7) is 11.0. The second kappa shape index (κ2) is 8.85. The van der Waals surface area contributed by atoms with Gasteiger partial charge in [0.15, 0.2) is 5.60 Å². The van der Waals surface area contributed by atoms with Gasteiger partial charge in [-0.3, -0.25) is 0 Å². The molecule has 0 aliphatic rings. The highest BCUT2D eigenvalue weighted by atomic mass is 16.6. The van der Waals surface area contributed by atoms with Gasteiger partial charge in [0, 0.05) is 0 Å². The smallest absolute Gasteiger partial charge is 0.349 e. The highest BCUT2D eigenvalue weighted by molar-refractivity contribution is 5.79. The lowest BCUT2D eigenvalue weighted by atomic mass is 10.1. The fraction of sp³-hybridized carbons (Fsp3) is 0.579.